The lowest BCUT2D eigenvalue weighted by atomic mass is 10.1. The zero-order valence-corrected chi connectivity index (χ0v) is 15.5. The summed E-state index contributed by atoms with van der Waals surface area (Å²) in [5.41, 5.74) is 9.62. The van der Waals surface area contributed by atoms with Gasteiger partial charge in [0.2, 0.25) is 0 Å². The molecule has 7 heteroatoms. The highest BCUT2D eigenvalue weighted by Gasteiger charge is 2.34. The van der Waals surface area contributed by atoms with Crippen LogP contribution < -0.4 is 20.7 Å². The predicted molar refractivity (Wildman–Crippen MR) is 102 cm³/mol. The number of nitrogens with zero attached hydrogens (tertiary/aromatic N) is 1. The van der Waals surface area contributed by atoms with Crippen LogP contribution in [0.25, 0.3) is 0 Å². The number of amidine groups is 1. The summed E-state index contributed by atoms with van der Waals surface area (Å²) >= 11 is 1.46. The molecular formula is C18H22N4O2S. The summed E-state index contributed by atoms with van der Waals surface area (Å²) in [6, 6.07) is 7.55. The van der Waals surface area contributed by atoms with Crippen molar-refractivity contribution in [2.24, 2.45) is 5.73 Å². The number of rotatable bonds is 3. The van der Waals surface area contributed by atoms with Gasteiger partial charge in [-0.15, -0.1) is 0 Å². The molecular weight excluding hydrogens is 336 g/mol. The van der Waals surface area contributed by atoms with Gasteiger partial charge in [0.1, 0.15) is 22.8 Å². The fourth-order valence-electron chi connectivity index (χ4n) is 2.98. The van der Waals surface area contributed by atoms with Crippen LogP contribution in [-0.2, 0) is 4.74 Å². The Hall–Kier alpha value is -2.38. The minimum Gasteiger partial charge on any atom is -0.497 e. The third-order valence-corrected chi connectivity index (χ3v) is 5.23. The van der Waals surface area contributed by atoms with E-state index in [1.165, 1.54) is 11.8 Å². The van der Waals surface area contributed by atoms with Crippen molar-refractivity contribution in [3.8, 4) is 5.75 Å². The molecule has 1 fully saturated rings. The molecule has 0 saturated carbocycles. The van der Waals surface area contributed by atoms with E-state index in [2.05, 4.69) is 5.32 Å². The van der Waals surface area contributed by atoms with Crippen molar-refractivity contribution in [3.63, 3.8) is 0 Å². The number of thioether (sulfide) groups is 1. The maximum absolute atomic E-state index is 8.61. The highest BCUT2D eigenvalue weighted by atomic mass is 32.2. The van der Waals surface area contributed by atoms with E-state index >= 15 is 0 Å². The number of hydrogen-bond acceptors (Lipinski definition) is 6. The summed E-state index contributed by atoms with van der Waals surface area (Å²) in [4.78, 5) is 2.62. The fourth-order valence-corrected chi connectivity index (χ4v) is 4.01. The Bertz CT molecular complexity index is 796. The highest BCUT2D eigenvalue weighted by molar-refractivity contribution is 8.05. The number of benzene rings is 1. The molecule has 0 aliphatic carbocycles. The number of ether oxygens (including phenoxy) is 2. The third kappa shape index (κ3) is 3.12. The standard InChI is InChI=1S/C18H22N4O2S/c1-10-9-14(21-11(2)15(10)24-4)16-17(19)22(18(20)25-16)12-5-7-13(23-3)8-6-12/h5-9,18-19,21H,20H2,1-4H3. The zero-order chi connectivity index (χ0) is 18.1. The predicted octanol–water partition coefficient (Wildman–Crippen LogP) is 3.11. The maximum atomic E-state index is 8.61. The summed E-state index contributed by atoms with van der Waals surface area (Å²) in [7, 11) is 3.29. The van der Waals surface area contributed by atoms with Crippen molar-refractivity contribution >= 4 is 23.3 Å². The molecule has 4 N–H and O–H groups in total. The van der Waals surface area contributed by atoms with E-state index < -0.39 is 0 Å². The lowest BCUT2D eigenvalue weighted by Gasteiger charge is -2.23. The summed E-state index contributed by atoms with van der Waals surface area (Å²) in [5, 5.41) is 11.9. The first-order valence-corrected chi connectivity index (χ1v) is 8.73. The summed E-state index contributed by atoms with van der Waals surface area (Å²) in [5.74, 6) is 1.98. The van der Waals surface area contributed by atoms with Crippen molar-refractivity contribution in [3.05, 3.63) is 58.0 Å². The number of methoxy groups -OCH3 is 2. The highest BCUT2D eigenvalue weighted by Crippen LogP contribution is 2.39. The lowest BCUT2D eigenvalue weighted by Crippen LogP contribution is -2.37. The van der Waals surface area contributed by atoms with E-state index in [9.17, 15) is 0 Å². The molecule has 1 aromatic carbocycles. The molecule has 2 aliphatic heterocycles. The normalized spacial score (nSPS) is 23.6. The van der Waals surface area contributed by atoms with Gasteiger partial charge in [-0.2, -0.15) is 0 Å². The number of nitrogens with two attached hydrogens (primary N) is 1. The quantitative estimate of drug-likeness (QED) is 0.770. The monoisotopic (exact) mass is 358 g/mol. The van der Waals surface area contributed by atoms with Crippen LogP contribution in [0.2, 0.25) is 0 Å². The Balaban J connectivity index is 1.94. The van der Waals surface area contributed by atoms with Crippen LogP contribution in [-0.4, -0.2) is 25.6 Å². The van der Waals surface area contributed by atoms with Gasteiger partial charge >= 0.3 is 0 Å². The van der Waals surface area contributed by atoms with Gasteiger partial charge in [0, 0.05) is 5.69 Å². The second-order valence-electron chi connectivity index (χ2n) is 5.78. The van der Waals surface area contributed by atoms with Gasteiger partial charge in [0.15, 0.2) is 0 Å². The molecule has 0 spiro atoms. The number of hydrogen-bond donors (Lipinski definition) is 3. The number of allylic oxidation sites excluding steroid dienone is 3. The van der Waals surface area contributed by atoms with E-state index in [0.29, 0.717) is 5.84 Å². The zero-order valence-electron chi connectivity index (χ0n) is 14.7. The molecule has 3 rings (SSSR count). The Morgan fingerprint density at radius 3 is 2.40 bits per heavy atom. The topological polar surface area (TPSA) is 83.6 Å². The average molecular weight is 358 g/mol. The molecule has 0 amide bonds. The summed E-state index contributed by atoms with van der Waals surface area (Å²) in [6.45, 7) is 3.95. The van der Waals surface area contributed by atoms with Crippen molar-refractivity contribution in [1.29, 1.82) is 5.41 Å². The smallest absolute Gasteiger partial charge is 0.143 e. The molecule has 2 aliphatic rings. The minimum atomic E-state index is -0.355. The van der Waals surface area contributed by atoms with Gasteiger partial charge < -0.3 is 25.4 Å². The van der Waals surface area contributed by atoms with Gasteiger partial charge in [0.25, 0.3) is 0 Å². The minimum absolute atomic E-state index is 0.355. The molecule has 1 unspecified atom stereocenters. The van der Waals surface area contributed by atoms with Gasteiger partial charge in [0.05, 0.1) is 30.5 Å². The fraction of sp³-hybridized carbons (Fsp3) is 0.278. The van der Waals surface area contributed by atoms with E-state index in [1.54, 1.807) is 14.2 Å². The van der Waals surface area contributed by atoms with Crippen LogP contribution in [0.5, 0.6) is 5.75 Å². The van der Waals surface area contributed by atoms with Crippen molar-refractivity contribution in [1.82, 2.24) is 5.32 Å². The van der Waals surface area contributed by atoms with Crippen LogP contribution in [0.15, 0.2) is 58.0 Å². The molecule has 0 bridgehead atoms. The van der Waals surface area contributed by atoms with Crippen LogP contribution in [0.3, 0.4) is 0 Å². The SMILES string of the molecule is COC1=C(C)NC(=C2SC(N)N(c3ccc(OC)cc3)C2=N)C=C1C. The lowest BCUT2D eigenvalue weighted by molar-refractivity contribution is 0.292. The van der Waals surface area contributed by atoms with Crippen LogP contribution in [0.1, 0.15) is 13.8 Å². The Morgan fingerprint density at radius 2 is 1.84 bits per heavy atom. The molecule has 2 heterocycles. The summed E-state index contributed by atoms with van der Waals surface area (Å²) < 4.78 is 10.6. The average Bonchev–Trinajstić information content (AvgIpc) is 2.89. The maximum Gasteiger partial charge on any atom is 0.143 e. The molecule has 132 valence electrons. The van der Waals surface area contributed by atoms with Gasteiger partial charge in [-0.05, 0) is 49.8 Å². The van der Waals surface area contributed by atoms with Gasteiger partial charge in [-0.1, -0.05) is 11.8 Å². The first-order valence-electron chi connectivity index (χ1n) is 7.85. The van der Waals surface area contributed by atoms with E-state index in [-0.39, 0.29) is 5.50 Å². The van der Waals surface area contributed by atoms with Crippen molar-refractivity contribution in [2.75, 3.05) is 19.1 Å². The van der Waals surface area contributed by atoms with Crippen molar-refractivity contribution in [2.45, 2.75) is 19.3 Å². The number of nitrogens with one attached hydrogen (secondary N) is 2. The molecule has 1 atom stereocenters. The number of dihydropyridines is 1. The largest absolute Gasteiger partial charge is 0.497 e. The van der Waals surface area contributed by atoms with Crippen LogP contribution >= 0.6 is 11.8 Å². The first kappa shape index (κ1) is 17.4. The second kappa shape index (κ2) is 6.85. The van der Waals surface area contributed by atoms with Gasteiger partial charge in [-0.25, -0.2) is 0 Å². The van der Waals surface area contributed by atoms with E-state index in [1.807, 2.05) is 49.1 Å². The van der Waals surface area contributed by atoms with Crippen LogP contribution in [0.4, 0.5) is 5.69 Å². The Kier molecular flexibility index (Phi) is 4.78. The van der Waals surface area contributed by atoms with E-state index in [4.69, 9.17) is 20.6 Å². The Labute approximate surface area is 151 Å². The van der Waals surface area contributed by atoms with Gasteiger partial charge in [-0.3, -0.25) is 5.41 Å². The molecule has 25 heavy (non-hydrogen) atoms. The Morgan fingerprint density at radius 1 is 1.16 bits per heavy atom. The molecule has 0 aromatic heterocycles. The molecule has 1 aromatic rings. The molecule has 6 nitrogen and oxygen atoms in total. The molecule has 1 saturated heterocycles. The summed E-state index contributed by atoms with van der Waals surface area (Å²) in [6.07, 6.45) is 1.99. The van der Waals surface area contributed by atoms with Crippen LogP contribution in [0, 0.1) is 5.41 Å². The first-order chi connectivity index (χ1) is 12.0. The van der Waals surface area contributed by atoms with E-state index in [0.717, 1.165) is 39.1 Å². The third-order valence-electron chi connectivity index (χ3n) is 4.13. The molecule has 0 radical (unpaired) electrons. The second-order valence-corrected chi connectivity index (χ2v) is 6.91. The number of anilines is 1. The van der Waals surface area contributed by atoms with Crippen molar-refractivity contribution < 1.29 is 9.47 Å².